The van der Waals surface area contributed by atoms with Gasteiger partial charge < -0.3 is 4.74 Å². The smallest absolute Gasteiger partial charge is 0.0837 e. The summed E-state index contributed by atoms with van der Waals surface area (Å²) in [6.45, 7) is 10.7. The normalized spacial score (nSPS) is 17.2. The Morgan fingerprint density at radius 3 is 1.75 bits per heavy atom. The Hall–Kier alpha value is 0.180. The molecule has 1 unspecified atom stereocenters. The van der Waals surface area contributed by atoms with E-state index in [2.05, 4.69) is 43.6 Å². The van der Waals surface area contributed by atoms with Crippen LogP contribution in [0.5, 0.6) is 0 Å². The van der Waals surface area contributed by atoms with Gasteiger partial charge in [-0.05, 0) is 29.3 Å². The van der Waals surface area contributed by atoms with Crippen molar-refractivity contribution in [3.05, 3.63) is 10.1 Å². The van der Waals surface area contributed by atoms with Gasteiger partial charge >= 0.3 is 0 Å². The third kappa shape index (κ3) is 3.28. The Kier molecular flexibility index (Phi) is 4.49. The van der Waals surface area contributed by atoms with Crippen molar-refractivity contribution < 1.29 is 4.74 Å². The van der Waals surface area contributed by atoms with Crippen LogP contribution in [0.4, 0.5) is 0 Å². The van der Waals surface area contributed by atoms with E-state index in [4.69, 9.17) is 4.74 Å². The van der Waals surface area contributed by atoms with Gasteiger partial charge in [0.15, 0.2) is 0 Å². The Bertz CT molecular complexity index is 173. The number of halogens is 1. The summed E-state index contributed by atoms with van der Waals surface area (Å²) < 4.78 is 6.62. The highest BCUT2D eigenvalue weighted by Gasteiger charge is 2.26. The molecule has 0 radical (unpaired) electrons. The van der Waals surface area contributed by atoms with Crippen LogP contribution < -0.4 is 0 Å². The molecule has 0 heterocycles. The zero-order valence-electron chi connectivity index (χ0n) is 8.86. The summed E-state index contributed by atoms with van der Waals surface area (Å²) in [5.41, 5.74) is 1.43. The quantitative estimate of drug-likeness (QED) is 0.708. The molecule has 0 aromatic carbocycles. The molecule has 1 nitrogen and oxygen atoms in total. The van der Waals surface area contributed by atoms with E-state index in [1.807, 2.05) is 6.92 Å². The highest BCUT2D eigenvalue weighted by atomic mass is 79.9. The topological polar surface area (TPSA) is 9.23 Å². The van der Waals surface area contributed by atoms with Crippen molar-refractivity contribution in [2.75, 3.05) is 7.11 Å². The lowest BCUT2D eigenvalue weighted by Gasteiger charge is -2.30. The number of allylic oxidation sites excluding steroid dienone is 1. The van der Waals surface area contributed by atoms with Crippen LogP contribution in [0.15, 0.2) is 10.1 Å². The molecule has 1 atom stereocenters. The van der Waals surface area contributed by atoms with Gasteiger partial charge in [0.25, 0.3) is 0 Å². The Morgan fingerprint density at radius 2 is 1.67 bits per heavy atom. The Morgan fingerprint density at radius 1 is 1.25 bits per heavy atom. The lowest BCUT2D eigenvalue weighted by Crippen LogP contribution is -2.29. The molecule has 0 N–H and O–H groups in total. The van der Waals surface area contributed by atoms with Crippen LogP contribution >= 0.6 is 15.9 Å². The van der Waals surface area contributed by atoms with Crippen LogP contribution in [-0.4, -0.2) is 13.2 Å². The van der Waals surface area contributed by atoms with Crippen molar-refractivity contribution in [2.24, 2.45) is 5.41 Å². The first-order chi connectivity index (χ1) is 5.30. The van der Waals surface area contributed by atoms with Gasteiger partial charge in [0.05, 0.1) is 6.10 Å². The predicted molar refractivity (Wildman–Crippen MR) is 57.6 cm³/mol. The molecule has 0 aliphatic heterocycles. The third-order valence-electron chi connectivity index (χ3n) is 1.96. The monoisotopic (exact) mass is 234 g/mol. The zero-order chi connectivity index (χ0) is 9.94. The molecule has 0 bridgehead atoms. The molecule has 0 rings (SSSR count). The van der Waals surface area contributed by atoms with Gasteiger partial charge in [0, 0.05) is 7.11 Å². The molecule has 0 aliphatic rings. The van der Waals surface area contributed by atoms with E-state index in [0.717, 1.165) is 0 Å². The SMILES string of the molecule is COC(C(C)=C(C)Br)C(C)(C)C. The summed E-state index contributed by atoms with van der Waals surface area (Å²) >= 11 is 3.47. The average molecular weight is 235 g/mol. The summed E-state index contributed by atoms with van der Waals surface area (Å²) in [6.07, 6.45) is 0.192. The second-order valence-electron chi connectivity index (χ2n) is 4.20. The summed E-state index contributed by atoms with van der Waals surface area (Å²) in [4.78, 5) is 0. The highest BCUT2D eigenvalue weighted by Crippen LogP contribution is 2.30. The first kappa shape index (κ1) is 12.2. The minimum atomic E-state index is 0.161. The molecule has 0 aromatic rings. The number of hydrogen-bond donors (Lipinski definition) is 0. The second-order valence-corrected chi connectivity index (χ2v) is 5.39. The lowest BCUT2D eigenvalue weighted by atomic mass is 9.85. The minimum Gasteiger partial charge on any atom is -0.377 e. The van der Waals surface area contributed by atoms with Crippen LogP contribution in [-0.2, 0) is 4.74 Å². The summed E-state index contributed by atoms with van der Waals surface area (Å²) in [5, 5.41) is 0. The number of ether oxygens (including phenoxy) is 1. The molecule has 2 heteroatoms. The van der Waals surface area contributed by atoms with Crippen molar-refractivity contribution in [3.8, 4) is 0 Å². The van der Waals surface area contributed by atoms with Crippen molar-refractivity contribution in [1.29, 1.82) is 0 Å². The first-order valence-electron chi connectivity index (χ1n) is 4.16. The predicted octanol–water partition coefficient (Wildman–Crippen LogP) is 3.74. The van der Waals surface area contributed by atoms with E-state index in [9.17, 15) is 0 Å². The van der Waals surface area contributed by atoms with E-state index >= 15 is 0 Å². The van der Waals surface area contributed by atoms with Crippen LogP contribution in [0.25, 0.3) is 0 Å². The van der Waals surface area contributed by atoms with Crippen LogP contribution in [0.1, 0.15) is 34.6 Å². The largest absolute Gasteiger partial charge is 0.377 e. The van der Waals surface area contributed by atoms with E-state index < -0.39 is 0 Å². The molecule has 0 saturated heterocycles. The Balaban J connectivity index is 4.70. The molecular formula is C10H19BrO. The fourth-order valence-electron chi connectivity index (χ4n) is 1.36. The van der Waals surface area contributed by atoms with Gasteiger partial charge in [-0.2, -0.15) is 0 Å². The minimum absolute atomic E-state index is 0.161. The number of methoxy groups -OCH3 is 1. The van der Waals surface area contributed by atoms with E-state index in [1.165, 1.54) is 10.1 Å². The van der Waals surface area contributed by atoms with Crippen molar-refractivity contribution >= 4 is 15.9 Å². The van der Waals surface area contributed by atoms with E-state index in [1.54, 1.807) is 7.11 Å². The number of rotatable bonds is 2. The van der Waals surface area contributed by atoms with Crippen LogP contribution in [0.3, 0.4) is 0 Å². The first-order valence-corrected chi connectivity index (χ1v) is 4.95. The number of hydrogen-bond acceptors (Lipinski definition) is 1. The molecule has 0 spiro atoms. The summed E-state index contributed by atoms with van der Waals surface area (Å²) in [7, 11) is 1.76. The fourth-order valence-corrected chi connectivity index (χ4v) is 1.57. The molecule has 0 aromatic heterocycles. The standard InChI is InChI=1S/C10H19BrO/c1-7(8(2)11)9(12-6)10(3,4)5/h9H,1-6H3. The molecular weight excluding hydrogens is 216 g/mol. The van der Waals surface area contributed by atoms with Gasteiger partial charge in [-0.3, -0.25) is 0 Å². The maximum atomic E-state index is 5.45. The van der Waals surface area contributed by atoms with E-state index in [-0.39, 0.29) is 11.5 Å². The van der Waals surface area contributed by atoms with Gasteiger partial charge in [-0.15, -0.1) is 0 Å². The maximum absolute atomic E-state index is 5.45. The van der Waals surface area contributed by atoms with Crippen molar-refractivity contribution in [2.45, 2.75) is 40.7 Å². The molecule has 12 heavy (non-hydrogen) atoms. The van der Waals surface area contributed by atoms with Crippen LogP contribution in [0, 0.1) is 5.41 Å². The molecule has 0 fully saturated rings. The maximum Gasteiger partial charge on any atom is 0.0837 e. The summed E-state index contributed by atoms with van der Waals surface area (Å²) in [5.74, 6) is 0. The van der Waals surface area contributed by atoms with E-state index in [0.29, 0.717) is 0 Å². The lowest BCUT2D eigenvalue weighted by molar-refractivity contribution is 0.0444. The van der Waals surface area contributed by atoms with Crippen LogP contribution in [0.2, 0.25) is 0 Å². The van der Waals surface area contributed by atoms with Crippen molar-refractivity contribution in [1.82, 2.24) is 0 Å². The molecule has 0 saturated carbocycles. The Labute approximate surface area is 84.3 Å². The van der Waals surface area contributed by atoms with Gasteiger partial charge in [-0.1, -0.05) is 36.7 Å². The zero-order valence-corrected chi connectivity index (χ0v) is 10.4. The fraction of sp³-hybridized carbons (Fsp3) is 0.800. The molecule has 72 valence electrons. The van der Waals surface area contributed by atoms with Crippen molar-refractivity contribution in [3.63, 3.8) is 0 Å². The molecule has 0 amide bonds. The summed E-state index contributed by atoms with van der Waals surface area (Å²) in [6, 6.07) is 0. The average Bonchev–Trinajstić information content (AvgIpc) is 1.85. The second kappa shape index (κ2) is 4.43. The molecule has 0 aliphatic carbocycles. The van der Waals surface area contributed by atoms with Gasteiger partial charge in [-0.25, -0.2) is 0 Å². The van der Waals surface area contributed by atoms with Gasteiger partial charge in [0.2, 0.25) is 0 Å². The highest BCUT2D eigenvalue weighted by molar-refractivity contribution is 9.11. The third-order valence-corrected chi connectivity index (χ3v) is 2.58. The van der Waals surface area contributed by atoms with Gasteiger partial charge in [0.1, 0.15) is 0 Å².